The Labute approximate surface area is 109 Å². The second-order valence-electron chi connectivity index (χ2n) is 4.83. The SMILES string of the molecule is CCCN1CCOC(CNC)C1c1ccnn1C. The Bertz CT molecular complexity index is 348. The van der Waals surface area contributed by atoms with Crippen LogP contribution in [0.4, 0.5) is 0 Å². The van der Waals surface area contributed by atoms with Crippen LogP contribution >= 0.6 is 0 Å². The van der Waals surface area contributed by atoms with E-state index in [2.05, 4.69) is 28.3 Å². The Hall–Kier alpha value is -0.910. The van der Waals surface area contributed by atoms with Crippen molar-refractivity contribution in [2.24, 2.45) is 7.05 Å². The summed E-state index contributed by atoms with van der Waals surface area (Å²) in [5, 5.41) is 7.53. The second kappa shape index (κ2) is 6.31. The first-order valence-corrected chi connectivity index (χ1v) is 6.76. The maximum atomic E-state index is 5.94. The third-order valence-corrected chi connectivity index (χ3v) is 3.53. The van der Waals surface area contributed by atoms with E-state index in [0.29, 0.717) is 6.04 Å². The smallest absolute Gasteiger partial charge is 0.0911 e. The summed E-state index contributed by atoms with van der Waals surface area (Å²) < 4.78 is 7.90. The fourth-order valence-corrected chi connectivity index (χ4v) is 2.75. The molecule has 0 aliphatic carbocycles. The minimum Gasteiger partial charge on any atom is -0.374 e. The van der Waals surface area contributed by atoms with Crippen molar-refractivity contribution in [1.29, 1.82) is 0 Å². The first kappa shape index (κ1) is 13.5. The van der Waals surface area contributed by atoms with Gasteiger partial charge in [-0.15, -0.1) is 0 Å². The van der Waals surface area contributed by atoms with E-state index in [-0.39, 0.29) is 6.10 Å². The molecule has 0 bridgehead atoms. The summed E-state index contributed by atoms with van der Waals surface area (Å²) in [7, 11) is 3.98. The van der Waals surface area contributed by atoms with Gasteiger partial charge in [0, 0.05) is 26.3 Å². The van der Waals surface area contributed by atoms with E-state index >= 15 is 0 Å². The molecule has 0 amide bonds. The molecular weight excluding hydrogens is 228 g/mol. The van der Waals surface area contributed by atoms with E-state index in [0.717, 1.165) is 26.2 Å². The third kappa shape index (κ3) is 2.74. The molecule has 1 saturated heterocycles. The van der Waals surface area contributed by atoms with Crippen LogP contribution in [0.25, 0.3) is 0 Å². The lowest BCUT2D eigenvalue weighted by Gasteiger charge is -2.41. The number of nitrogens with one attached hydrogen (secondary N) is 1. The number of likely N-dealkylation sites (N-methyl/N-ethyl adjacent to an activating group) is 1. The predicted octanol–water partition coefficient (Wildman–Crippen LogP) is 0.791. The van der Waals surface area contributed by atoms with Crippen LogP contribution in [-0.2, 0) is 11.8 Å². The van der Waals surface area contributed by atoms with Crippen molar-refractivity contribution in [3.63, 3.8) is 0 Å². The number of hydrogen-bond donors (Lipinski definition) is 1. The Kier molecular flexibility index (Phi) is 4.74. The summed E-state index contributed by atoms with van der Waals surface area (Å²) >= 11 is 0. The Balaban J connectivity index is 2.23. The summed E-state index contributed by atoms with van der Waals surface area (Å²) in [6.45, 7) is 6.03. The normalized spacial score (nSPS) is 25.5. The van der Waals surface area contributed by atoms with Gasteiger partial charge < -0.3 is 10.1 Å². The molecule has 5 heteroatoms. The second-order valence-corrected chi connectivity index (χ2v) is 4.83. The Morgan fingerprint density at radius 3 is 3.00 bits per heavy atom. The zero-order valence-corrected chi connectivity index (χ0v) is 11.6. The molecule has 1 fully saturated rings. The molecule has 0 aromatic carbocycles. The third-order valence-electron chi connectivity index (χ3n) is 3.53. The first-order valence-electron chi connectivity index (χ1n) is 6.76. The van der Waals surface area contributed by atoms with Gasteiger partial charge in [-0.3, -0.25) is 9.58 Å². The van der Waals surface area contributed by atoms with Crippen LogP contribution in [0, 0.1) is 0 Å². The highest BCUT2D eigenvalue weighted by Crippen LogP contribution is 2.28. The minimum absolute atomic E-state index is 0.200. The van der Waals surface area contributed by atoms with Gasteiger partial charge in [0.2, 0.25) is 0 Å². The van der Waals surface area contributed by atoms with Gasteiger partial charge in [0.25, 0.3) is 0 Å². The highest BCUT2D eigenvalue weighted by atomic mass is 16.5. The summed E-state index contributed by atoms with van der Waals surface area (Å²) in [4.78, 5) is 2.52. The summed E-state index contributed by atoms with van der Waals surface area (Å²) in [5.74, 6) is 0. The molecule has 0 radical (unpaired) electrons. The molecule has 18 heavy (non-hydrogen) atoms. The molecule has 2 rings (SSSR count). The van der Waals surface area contributed by atoms with E-state index in [1.54, 1.807) is 0 Å². The number of nitrogens with zero attached hydrogens (tertiary/aromatic N) is 3. The molecular formula is C13H24N4O. The van der Waals surface area contributed by atoms with E-state index in [9.17, 15) is 0 Å². The zero-order chi connectivity index (χ0) is 13.0. The lowest BCUT2D eigenvalue weighted by Crippen LogP contribution is -2.49. The number of morpholine rings is 1. The highest BCUT2D eigenvalue weighted by Gasteiger charge is 2.34. The van der Waals surface area contributed by atoms with Crippen LogP contribution in [0.1, 0.15) is 25.1 Å². The standard InChI is InChI=1S/C13H24N4O/c1-4-7-17-8-9-18-12(10-14-2)13(17)11-5-6-15-16(11)3/h5-6,12-14H,4,7-10H2,1-3H3. The molecule has 0 spiro atoms. The summed E-state index contributed by atoms with van der Waals surface area (Å²) in [6, 6.07) is 2.41. The maximum Gasteiger partial charge on any atom is 0.0911 e. The topological polar surface area (TPSA) is 42.3 Å². The van der Waals surface area contributed by atoms with Gasteiger partial charge in [-0.05, 0) is 26.1 Å². The minimum atomic E-state index is 0.200. The average Bonchev–Trinajstić information content (AvgIpc) is 2.77. The molecule has 1 aromatic rings. The van der Waals surface area contributed by atoms with E-state index < -0.39 is 0 Å². The molecule has 0 saturated carbocycles. The van der Waals surface area contributed by atoms with Crippen LogP contribution < -0.4 is 5.32 Å². The van der Waals surface area contributed by atoms with Gasteiger partial charge in [-0.2, -0.15) is 5.10 Å². The zero-order valence-electron chi connectivity index (χ0n) is 11.6. The lowest BCUT2D eigenvalue weighted by molar-refractivity contribution is -0.0728. The molecule has 1 aromatic heterocycles. The van der Waals surface area contributed by atoms with Crippen molar-refractivity contribution in [3.8, 4) is 0 Å². The Morgan fingerprint density at radius 2 is 2.39 bits per heavy atom. The largest absolute Gasteiger partial charge is 0.374 e. The molecule has 2 unspecified atom stereocenters. The molecule has 2 heterocycles. The van der Waals surface area contributed by atoms with E-state index in [4.69, 9.17) is 4.74 Å². The number of ether oxygens (including phenoxy) is 1. The van der Waals surface area contributed by atoms with Crippen LogP contribution in [0.3, 0.4) is 0 Å². The maximum absolute atomic E-state index is 5.94. The quantitative estimate of drug-likeness (QED) is 0.841. The number of aromatic nitrogens is 2. The van der Waals surface area contributed by atoms with Gasteiger partial charge in [-0.1, -0.05) is 6.92 Å². The molecule has 102 valence electrons. The van der Waals surface area contributed by atoms with Gasteiger partial charge in [0.05, 0.1) is 24.4 Å². The van der Waals surface area contributed by atoms with Crippen LogP contribution in [0.5, 0.6) is 0 Å². The fraction of sp³-hybridized carbons (Fsp3) is 0.769. The average molecular weight is 252 g/mol. The van der Waals surface area contributed by atoms with Crippen LogP contribution in [-0.4, -0.2) is 54.1 Å². The van der Waals surface area contributed by atoms with Crippen molar-refractivity contribution >= 4 is 0 Å². The van der Waals surface area contributed by atoms with Crippen LogP contribution in [0.15, 0.2) is 12.3 Å². The summed E-state index contributed by atoms with van der Waals surface area (Å²) in [5.41, 5.74) is 1.24. The molecule has 1 aliphatic heterocycles. The molecule has 1 N–H and O–H groups in total. The number of hydrogen-bond acceptors (Lipinski definition) is 4. The van der Waals surface area contributed by atoms with Gasteiger partial charge >= 0.3 is 0 Å². The van der Waals surface area contributed by atoms with Crippen molar-refractivity contribution < 1.29 is 4.74 Å². The first-order chi connectivity index (χ1) is 8.77. The molecule has 2 atom stereocenters. The van der Waals surface area contributed by atoms with Crippen molar-refractivity contribution in [3.05, 3.63) is 18.0 Å². The fourth-order valence-electron chi connectivity index (χ4n) is 2.75. The van der Waals surface area contributed by atoms with Crippen molar-refractivity contribution in [2.75, 3.05) is 33.3 Å². The highest BCUT2D eigenvalue weighted by molar-refractivity contribution is 5.11. The van der Waals surface area contributed by atoms with E-state index in [1.807, 2.05) is 25.0 Å². The monoisotopic (exact) mass is 252 g/mol. The van der Waals surface area contributed by atoms with Gasteiger partial charge in [0.1, 0.15) is 0 Å². The predicted molar refractivity (Wildman–Crippen MR) is 71.5 cm³/mol. The number of aryl methyl sites for hydroxylation is 1. The summed E-state index contributed by atoms with van der Waals surface area (Å²) in [6.07, 6.45) is 3.23. The van der Waals surface area contributed by atoms with E-state index in [1.165, 1.54) is 12.1 Å². The van der Waals surface area contributed by atoms with Crippen LogP contribution in [0.2, 0.25) is 0 Å². The van der Waals surface area contributed by atoms with Crippen molar-refractivity contribution in [2.45, 2.75) is 25.5 Å². The van der Waals surface area contributed by atoms with Crippen molar-refractivity contribution in [1.82, 2.24) is 20.0 Å². The van der Waals surface area contributed by atoms with Gasteiger partial charge in [0.15, 0.2) is 0 Å². The lowest BCUT2D eigenvalue weighted by atomic mass is 10.0. The Morgan fingerprint density at radius 1 is 1.56 bits per heavy atom. The molecule has 5 nitrogen and oxygen atoms in total. The number of rotatable bonds is 5. The molecule has 1 aliphatic rings. The van der Waals surface area contributed by atoms with Gasteiger partial charge in [-0.25, -0.2) is 0 Å².